The van der Waals surface area contributed by atoms with Crippen LogP contribution < -0.4 is 16.0 Å². The van der Waals surface area contributed by atoms with Crippen molar-refractivity contribution < 1.29 is 4.79 Å². The van der Waals surface area contributed by atoms with Gasteiger partial charge in [0.2, 0.25) is 5.91 Å². The van der Waals surface area contributed by atoms with E-state index in [1.807, 2.05) is 24.3 Å². The SMILES string of the molecule is O=C1NB(c2cccc(Cl)n2)Nc2ccccc21. The van der Waals surface area contributed by atoms with Crippen LogP contribution in [0.5, 0.6) is 0 Å². The molecule has 0 aliphatic carbocycles. The summed E-state index contributed by atoms with van der Waals surface area (Å²) in [6.07, 6.45) is 0. The first-order valence-corrected chi connectivity index (χ1v) is 5.91. The molecule has 1 amide bonds. The first-order chi connectivity index (χ1) is 8.74. The van der Waals surface area contributed by atoms with Crippen LogP contribution in [0, 0.1) is 0 Å². The van der Waals surface area contributed by atoms with E-state index in [0.717, 1.165) is 5.69 Å². The monoisotopic (exact) mass is 257 g/mol. The molecule has 3 rings (SSSR count). The van der Waals surface area contributed by atoms with E-state index in [0.29, 0.717) is 16.3 Å². The van der Waals surface area contributed by atoms with Gasteiger partial charge in [0, 0.05) is 5.69 Å². The Morgan fingerprint density at radius 3 is 2.72 bits per heavy atom. The smallest absolute Gasteiger partial charge is 0.404 e. The van der Waals surface area contributed by atoms with Crippen molar-refractivity contribution in [3.8, 4) is 0 Å². The van der Waals surface area contributed by atoms with E-state index in [9.17, 15) is 4.79 Å². The minimum atomic E-state index is -0.355. The fraction of sp³-hybridized carbons (Fsp3) is 0. The summed E-state index contributed by atoms with van der Waals surface area (Å²) in [7, 11) is 0. The van der Waals surface area contributed by atoms with Crippen LogP contribution in [-0.4, -0.2) is 17.9 Å². The summed E-state index contributed by atoms with van der Waals surface area (Å²) < 4.78 is 0. The molecule has 6 heteroatoms. The van der Waals surface area contributed by atoms with Crippen LogP contribution >= 0.6 is 11.6 Å². The summed E-state index contributed by atoms with van der Waals surface area (Å²) in [5, 5.41) is 6.47. The largest absolute Gasteiger partial charge is 0.428 e. The van der Waals surface area contributed by atoms with Crippen molar-refractivity contribution in [2.75, 3.05) is 5.23 Å². The Morgan fingerprint density at radius 2 is 1.89 bits per heavy atom. The summed E-state index contributed by atoms with van der Waals surface area (Å²) in [6.45, 7) is -0.355. The molecule has 0 bridgehead atoms. The first-order valence-electron chi connectivity index (χ1n) is 5.53. The Balaban J connectivity index is 1.97. The first kappa shape index (κ1) is 11.1. The Hall–Kier alpha value is -2.01. The highest BCUT2D eigenvalue weighted by atomic mass is 35.5. The van der Waals surface area contributed by atoms with Crippen molar-refractivity contribution in [2.24, 2.45) is 0 Å². The third-order valence-electron chi connectivity index (χ3n) is 2.78. The molecule has 0 atom stereocenters. The highest BCUT2D eigenvalue weighted by Gasteiger charge is 2.29. The number of halogens is 1. The molecule has 0 radical (unpaired) electrons. The molecule has 0 unspecified atom stereocenters. The van der Waals surface area contributed by atoms with Gasteiger partial charge in [-0.1, -0.05) is 29.8 Å². The number of fused-ring (bicyclic) bond motifs is 1. The van der Waals surface area contributed by atoms with Gasteiger partial charge in [-0.2, -0.15) is 0 Å². The van der Waals surface area contributed by atoms with Gasteiger partial charge in [0.25, 0.3) is 0 Å². The number of aromatic nitrogens is 1. The number of hydrogen-bond acceptors (Lipinski definition) is 3. The maximum Gasteiger partial charge on any atom is 0.428 e. The quantitative estimate of drug-likeness (QED) is 0.598. The number of pyridine rings is 1. The summed E-state index contributed by atoms with van der Waals surface area (Å²) in [4.78, 5) is 16.1. The van der Waals surface area contributed by atoms with Crippen molar-refractivity contribution >= 4 is 35.8 Å². The number of nitrogens with zero attached hydrogens (tertiary/aromatic N) is 1. The Morgan fingerprint density at radius 1 is 1.06 bits per heavy atom. The van der Waals surface area contributed by atoms with E-state index in [-0.39, 0.29) is 12.9 Å². The molecule has 1 aromatic heterocycles. The Kier molecular flexibility index (Phi) is 2.68. The number of amides is 1. The van der Waals surface area contributed by atoms with Gasteiger partial charge >= 0.3 is 6.98 Å². The molecule has 0 spiro atoms. The van der Waals surface area contributed by atoms with Gasteiger partial charge in [-0.05, 0) is 24.3 Å². The number of carbonyl (C=O) groups excluding carboxylic acids is 1. The van der Waals surface area contributed by atoms with E-state index in [4.69, 9.17) is 11.6 Å². The van der Waals surface area contributed by atoms with Crippen LogP contribution in [0.15, 0.2) is 42.5 Å². The van der Waals surface area contributed by atoms with E-state index in [1.54, 1.807) is 18.2 Å². The van der Waals surface area contributed by atoms with Gasteiger partial charge in [0.15, 0.2) is 0 Å². The highest BCUT2D eigenvalue weighted by Crippen LogP contribution is 2.18. The number of benzene rings is 1. The number of rotatable bonds is 1. The number of hydrogen-bond donors (Lipinski definition) is 2. The van der Waals surface area contributed by atoms with Crippen LogP contribution in [0.1, 0.15) is 10.4 Å². The normalized spacial score (nSPS) is 13.6. The average Bonchev–Trinajstić information content (AvgIpc) is 2.39. The molecular weight excluding hydrogens is 248 g/mol. The molecule has 0 saturated carbocycles. The third kappa shape index (κ3) is 1.93. The zero-order valence-corrected chi connectivity index (χ0v) is 10.1. The Labute approximate surface area is 109 Å². The lowest BCUT2D eigenvalue weighted by Crippen LogP contribution is -2.57. The molecule has 2 aromatic rings. The number of anilines is 1. The highest BCUT2D eigenvalue weighted by molar-refractivity contribution is 6.76. The van der Waals surface area contributed by atoms with Crippen LogP contribution in [0.25, 0.3) is 0 Å². The van der Waals surface area contributed by atoms with Gasteiger partial charge in [-0.25, -0.2) is 4.98 Å². The zero-order valence-electron chi connectivity index (χ0n) is 9.35. The van der Waals surface area contributed by atoms with Crippen LogP contribution in [0.4, 0.5) is 5.69 Å². The second-order valence-corrected chi connectivity index (χ2v) is 4.37. The van der Waals surface area contributed by atoms with E-state index in [2.05, 4.69) is 15.4 Å². The second-order valence-electron chi connectivity index (χ2n) is 3.98. The number of nitrogens with one attached hydrogen (secondary N) is 2. The lowest BCUT2D eigenvalue weighted by Gasteiger charge is -2.24. The molecule has 1 aromatic carbocycles. The standard InChI is InChI=1S/C12H9BClN3O/c14-11-7-3-6-10(15-11)13-16-9-5-2-1-4-8(9)12(18)17-13/h1-7,16H,(H,17,18). The second kappa shape index (κ2) is 4.35. The maximum atomic E-state index is 11.9. The fourth-order valence-corrected chi connectivity index (χ4v) is 2.11. The van der Waals surface area contributed by atoms with Gasteiger partial charge in [-0.15, -0.1) is 0 Å². The summed E-state index contributed by atoms with van der Waals surface area (Å²) >= 11 is 5.85. The molecule has 88 valence electrons. The summed E-state index contributed by atoms with van der Waals surface area (Å²) in [5.41, 5.74) is 2.12. The van der Waals surface area contributed by atoms with Gasteiger partial charge in [-0.3, -0.25) is 4.79 Å². The molecule has 2 N–H and O–H groups in total. The molecule has 0 saturated heterocycles. The fourth-order valence-electron chi connectivity index (χ4n) is 1.94. The van der Waals surface area contributed by atoms with E-state index < -0.39 is 0 Å². The van der Waals surface area contributed by atoms with Gasteiger partial charge in [0.05, 0.1) is 11.2 Å². The molecular formula is C12H9BClN3O. The van der Waals surface area contributed by atoms with Crippen LogP contribution in [-0.2, 0) is 0 Å². The van der Waals surface area contributed by atoms with E-state index in [1.165, 1.54) is 0 Å². The summed E-state index contributed by atoms with van der Waals surface area (Å²) in [6, 6.07) is 12.7. The molecule has 4 nitrogen and oxygen atoms in total. The number of para-hydroxylation sites is 1. The minimum Gasteiger partial charge on any atom is -0.404 e. The molecule has 0 fully saturated rings. The Bertz CT molecular complexity index is 620. The zero-order chi connectivity index (χ0) is 12.5. The molecule has 18 heavy (non-hydrogen) atoms. The van der Waals surface area contributed by atoms with Crippen molar-refractivity contribution in [2.45, 2.75) is 0 Å². The predicted molar refractivity (Wildman–Crippen MR) is 72.2 cm³/mol. The van der Waals surface area contributed by atoms with Gasteiger partial charge in [0.1, 0.15) is 5.15 Å². The molecule has 1 aliphatic heterocycles. The lowest BCUT2D eigenvalue weighted by atomic mass is 9.69. The van der Waals surface area contributed by atoms with Gasteiger partial charge < -0.3 is 10.5 Å². The van der Waals surface area contributed by atoms with Crippen LogP contribution in [0.3, 0.4) is 0 Å². The number of carbonyl (C=O) groups is 1. The summed E-state index contributed by atoms with van der Waals surface area (Å²) in [5.74, 6) is -0.115. The minimum absolute atomic E-state index is 0.115. The van der Waals surface area contributed by atoms with E-state index >= 15 is 0 Å². The topological polar surface area (TPSA) is 54.0 Å². The van der Waals surface area contributed by atoms with Crippen molar-refractivity contribution in [3.63, 3.8) is 0 Å². The van der Waals surface area contributed by atoms with Crippen molar-refractivity contribution in [3.05, 3.63) is 53.2 Å². The average molecular weight is 257 g/mol. The third-order valence-corrected chi connectivity index (χ3v) is 2.99. The molecule has 1 aliphatic rings. The molecule has 2 heterocycles. The predicted octanol–water partition coefficient (Wildman–Crippen LogP) is 1.29. The van der Waals surface area contributed by atoms with Crippen LogP contribution in [0.2, 0.25) is 5.15 Å². The van der Waals surface area contributed by atoms with Crippen molar-refractivity contribution in [1.82, 2.24) is 10.2 Å². The maximum absolute atomic E-state index is 11.9. The van der Waals surface area contributed by atoms with Crippen molar-refractivity contribution in [1.29, 1.82) is 0 Å². The lowest BCUT2D eigenvalue weighted by molar-refractivity contribution is 0.0979.